The summed E-state index contributed by atoms with van der Waals surface area (Å²) in [6.45, 7) is 5.80. The van der Waals surface area contributed by atoms with Crippen molar-refractivity contribution < 1.29 is 9.53 Å². The third-order valence-corrected chi connectivity index (χ3v) is 3.03. The van der Waals surface area contributed by atoms with Crippen LogP contribution in [0.2, 0.25) is 0 Å². The number of Topliss-reactive ketones (excluding diaryl/α,β-unsaturated/α-hetero) is 1. The van der Waals surface area contributed by atoms with Crippen molar-refractivity contribution in [1.82, 2.24) is 0 Å². The van der Waals surface area contributed by atoms with Gasteiger partial charge in [0.2, 0.25) is 0 Å². The van der Waals surface area contributed by atoms with Crippen LogP contribution in [0.3, 0.4) is 0 Å². The molecule has 0 radical (unpaired) electrons. The maximum Gasteiger partial charge on any atom is 0.163 e. The molecule has 2 heteroatoms. The van der Waals surface area contributed by atoms with Gasteiger partial charge >= 0.3 is 0 Å². The van der Waals surface area contributed by atoms with Gasteiger partial charge in [0, 0.05) is 0 Å². The van der Waals surface area contributed by atoms with Gasteiger partial charge in [0.25, 0.3) is 0 Å². The zero-order valence-electron chi connectivity index (χ0n) is 11.5. The Morgan fingerprint density at radius 2 is 1.53 bits per heavy atom. The third-order valence-electron chi connectivity index (χ3n) is 3.03. The number of hydrogen-bond acceptors (Lipinski definition) is 2. The van der Waals surface area contributed by atoms with E-state index in [1.54, 1.807) is 13.0 Å². The smallest absolute Gasteiger partial charge is 0.163 e. The number of ketones is 1. The number of ether oxygens (including phenoxy) is 1. The number of carbonyl (C=O) groups is 1. The van der Waals surface area contributed by atoms with Crippen molar-refractivity contribution in [1.29, 1.82) is 0 Å². The molecule has 2 nitrogen and oxygen atoms in total. The van der Waals surface area contributed by atoms with E-state index in [9.17, 15) is 4.79 Å². The van der Waals surface area contributed by atoms with Crippen LogP contribution < -0.4 is 4.74 Å². The summed E-state index contributed by atoms with van der Waals surface area (Å²) in [4.78, 5) is 11.6. The second kappa shape index (κ2) is 5.70. The molecule has 98 valence electrons. The zero-order valence-corrected chi connectivity index (χ0v) is 11.5. The molecule has 0 N–H and O–H groups in total. The average molecular weight is 254 g/mol. The molecule has 19 heavy (non-hydrogen) atoms. The molecule has 2 aromatic rings. The van der Waals surface area contributed by atoms with Gasteiger partial charge in [-0.2, -0.15) is 0 Å². The van der Waals surface area contributed by atoms with Gasteiger partial charge in [0.05, 0.1) is 5.56 Å². The van der Waals surface area contributed by atoms with Crippen molar-refractivity contribution in [2.45, 2.75) is 26.7 Å². The Morgan fingerprint density at radius 3 is 2.16 bits per heavy atom. The van der Waals surface area contributed by atoms with Gasteiger partial charge in [0.15, 0.2) is 5.78 Å². The molecule has 0 aliphatic rings. The Labute approximate surface area is 114 Å². The molecule has 2 aromatic carbocycles. The molecular formula is C17H18O2. The van der Waals surface area contributed by atoms with Crippen LogP contribution >= 0.6 is 0 Å². The summed E-state index contributed by atoms with van der Waals surface area (Å²) in [7, 11) is 0. The summed E-state index contributed by atoms with van der Waals surface area (Å²) in [5.74, 6) is 1.81. The topological polar surface area (TPSA) is 26.3 Å². The first-order valence-electron chi connectivity index (χ1n) is 6.46. The number of benzene rings is 2. The van der Waals surface area contributed by atoms with Gasteiger partial charge in [0.1, 0.15) is 11.5 Å². The second-order valence-electron chi connectivity index (χ2n) is 4.85. The van der Waals surface area contributed by atoms with E-state index in [0.717, 1.165) is 11.3 Å². The first-order chi connectivity index (χ1) is 9.09. The largest absolute Gasteiger partial charge is 0.456 e. The summed E-state index contributed by atoms with van der Waals surface area (Å²) in [6.07, 6.45) is 0. The fourth-order valence-corrected chi connectivity index (χ4v) is 2.02. The van der Waals surface area contributed by atoms with E-state index in [1.165, 1.54) is 0 Å². The van der Waals surface area contributed by atoms with Crippen molar-refractivity contribution in [2.75, 3.05) is 0 Å². The van der Waals surface area contributed by atoms with E-state index in [0.29, 0.717) is 17.2 Å². The molecule has 0 saturated carbocycles. The van der Waals surface area contributed by atoms with Crippen LogP contribution in [0.1, 0.15) is 42.6 Å². The average Bonchev–Trinajstić information content (AvgIpc) is 2.39. The number of rotatable bonds is 4. The molecule has 0 fully saturated rings. The Balaban J connectivity index is 2.39. The quantitative estimate of drug-likeness (QED) is 0.732. The molecule has 0 aliphatic heterocycles. The minimum Gasteiger partial charge on any atom is -0.456 e. The Morgan fingerprint density at radius 1 is 0.947 bits per heavy atom. The highest BCUT2D eigenvalue weighted by Crippen LogP contribution is 2.31. The summed E-state index contributed by atoms with van der Waals surface area (Å²) < 4.78 is 5.94. The van der Waals surface area contributed by atoms with Crippen LogP contribution in [0.15, 0.2) is 48.5 Å². The van der Waals surface area contributed by atoms with Crippen LogP contribution in [0.5, 0.6) is 11.5 Å². The van der Waals surface area contributed by atoms with Crippen molar-refractivity contribution in [3.63, 3.8) is 0 Å². The van der Waals surface area contributed by atoms with Crippen LogP contribution in [0, 0.1) is 0 Å². The van der Waals surface area contributed by atoms with Gasteiger partial charge in [-0.3, -0.25) is 4.79 Å². The minimum atomic E-state index is 0.0117. The maximum atomic E-state index is 11.6. The molecular weight excluding hydrogens is 236 g/mol. The van der Waals surface area contributed by atoms with Crippen molar-refractivity contribution >= 4 is 5.78 Å². The van der Waals surface area contributed by atoms with Crippen LogP contribution in [-0.2, 0) is 0 Å². The Bertz CT molecular complexity index is 585. The Hall–Kier alpha value is -2.09. The predicted octanol–water partition coefficient (Wildman–Crippen LogP) is 4.80. The molecule has 0 heterocycles. The number of hydrogen-bond donors (Lipinski definition) is 0. The third kappa shape index (κ3) is 3.02. The van der Waals surface area contributed by atoms with Gasteiger partial charge in [-0.05, 0) is 36.6 Å². The van der Waals surface area contributed by atoms with E-state index >= 15 is 0 Å². The first kappa shape index (κ1) is 13.3. The van der Waals surface area contributed by atoms with E-state index in [-0.39, 0.29) is 5.78 Å². The lowest BCUT2D eigenvalue weighted by Gasteiger charge is -2.15. The maximum absolute atomic E-state index is 11.6. The molecule has 0 saturated heterocycles. The van der Waals surface area contributed by atoms with Crippen molar-refractivity contribution in [3.05, 3.63) is 59.7 Å². The summed E-state index contributed by atoms with van der Waals surface area (Å²) in [6, 6.07) is 15.3. The van der Waals surface area contributed by atoms with Gasteiger partial charge in [-0.25, -0.2) is 0 Å². The zero-order chi connectivity index (χ0) is 13.8. The van der Waals surface area contributed by atoms with Gasteiger partial charge in [-0.1, -0.05) is 44.2 Å². The Kier molecular flexibility index (Phi) is 4.00. The highest BCUT2D eigenvalue weighted by atomic mass is 16.5. The van der Waals surface area contributed by atoms with Crippen molar-refractivity contribution in [2.24, 2.45) is 0 Å². The molecule has 2 rings (SSSR count). The first-order valence-corrected chi connectivity index (χ1v) is 6.46. The number of carbonyl (C=O) groups excluding carboxylic acids is 1. The molecule has 0 atom stereocenters. The minimum absolute atomic E-state index is 0.0117. The highest BCUT2D eigenvalue weighted by Gasteiger charge is 2.12. The van der Waals surface area contributed by atoms with Gasteiger partial charge in [-0.15, -0.1) is 0 Å². The lowest BCUT2D eigenvalue weighted by atomic mass is 10.0. The molecule has 0 bridgehead atoms. The van der Waals surface area contributed by atoms with E-state index in [2.05, 4.69) is 19.9 Å². The second-order valence-corrected chi connectivity index (χ2v) is 4.85. The van der Waals surface area contributed by atoms with E-state index in [4.69, 9.17) is 4.74 Å². The molecule has 0 spiro atoms. The summed E-state index contributed by atoms with van der Waals surface area (Å²) in [5.41, 5.74) is 1.75. The monoisotopic (exact) mass is 254 g/mol. The lowest BCUT2D eigenvalue weighted by Crippen LogP contribution is -1.99. The van der Waals surface area contributed by atoms with Crippen LogP contribution in [0.4, 0.5) is 0 Å². The van der Waals surface area contributed by atoms with Crippen LogP contribution in [0.25, 0.3) is 0 Å². The SMILES string of the molecule is CC(=O)c1ccccc1Oc1ccccc1C(C)C. The van der Waals surface area contributed by atoms with E-state index < -0.39 is 0 Å². The fourth-order valence-electron chi connectivity index (χ4n) is 2.02. The lowest BCUT2D eigenvalue weighted by molar-refractivity contribution is 0.101. The molecule has 0 aliphatic carbocycles. The normalized spacial score (nSPS) is 10.5. The standard InChI is InChI=1S/C17H18O2/c1-12(2)14-8-4-6-10-16(14)19-17-11-7-5-9-15(17)13(3)18/h4-12H,1-3H3. The summed E-state index contributed by atoms with van der Waals surface area (Å²) in [5, 5.41) is 0. The van der Waals surface area contributed by atoms with Gasteiger partial charge < -0.3 is 4.74 Å². The molecule has 0 unspecified atom stereocenters. The predicted molar refractivity (Wildman–Crippen MR) is 77.1 cm³/mol. The highest BCUT2D eigenvalue weighted by molar-refractivity contribution is 5.96. The fraction of sp³-hybridized carbons (Fsp3) is 0.235. The van der Waals surface area contributed by atoms with Crippen LogP contribution in [-0.4, -0.2) is 5.78 Å². The van der Waals surface area contributed by atoms with E-state index in [1.807, 2.05) is 36.4 Å². The molecule has 0 aromatic heterocycles. The molecule has 0 amide bonds. The van der Waals surface area contributed by atoms with Crippen molar-refractivity contribution in [3.8, 4) is 11.5 Å². The summed E-state index contributed by atoms with van der Waals surface area (Å²) >= 11 is 0. The number of para-hydroxylation sites is 2.